The molecule has 0 radical (unpaired) electrons. The third kappa shape index (κ3) is 7.49. The van der Waals surface area contributed by atoms with E-state index in [2.05, 4.69) is 11.9 Å². The number of carbonyl (C=O) groups excluding carboxylic acids is 1. The van der Waals surface area contributed by atoms with Crippen LogP contribution in [0.15, 0.2) is 36.4 Å². The van der Waals surface area contributed by atoms with Crippen molar-refractivity contribution in [2.75, 3.05) is 6.61 Å². The summed E-state index contributed by atoms with van der Waals surface area (Å²) >= 11 is 0. The summed E-state index contributed by atoms with van der Waals surface area (Å²) in [4.78, 5) is 23.1. The van der Waals surface area contributed by atoms with Gasteiger partial charge in [-0.2, -0.15) is 0 Å². The predicted molar refractivity (Wildman–Crippen MR) is 89.7 cm³/mol. The summed E-state index contributed by atoms with van der Waals surface area (Å²) in [5.41, 5.74) is 1.39. The third-order valence-corrected chi connectivity index (χ3v) is 3.11. The molecule has 126 valence electrons. The summed E-state index contributed by atoms with van der Waals surface area (Å²) in [5, 5.41) is 11.7. The van der Waals surface area contributed by atoms with Crippen LogP contribution in [0.25, 0.3) is 0 Å². The molecule has 0 fully saturated rings. The van der Waals surface area contributed by atoms with Gasteiger partial charge in [-0.3, -0.25) is 9.59 Å². The highest BCUT2D eigenvalue weighted by Crippen LogP contribution is 2.14. The Bertz CT molecular complexity index is 549. The number of ether oxygens (including phenoxy) is 1. The van der Waals surface area contributed by atoms with E-state index >= 15 is 0 Å². The molecule has 1 aromatic carbocycles. The third-order valence-electron chi connectivity index (χ3n) is 3.11. The minimum atomic E-state index is -0.917. The Balaban J connectivity index is 2.67. The minimum Gasteiger partial charge on any atom is -0.489 e. The molecule has 0 saturated carbocycles. The molecule has 1 atom stereocenters. The molecule has 1 rings (SSSR count). The van der Waals surface area contributed by atoms with Gasteiger partial charge in [-0.25, -0.2) is 0 Å². The van der Waals surface area contributed by atoms with Gasteiger partial charge in [-0.15, -0.1) is 0 Å². The van der Waals surface area contributed by atoms with Gasteiger partial charge >= 0.3 is 5.97 Å². The lowest BCUT2D eigenvalue weighted by molar-refractivity contribution is -0.137. The summed E-state index contributed by atoms with van der Waals surface area (Å²) in [5.74, 6) is -0.228. The molecule has 1 amide bonds. The number of benzene rings is 1. The van der Waals surface area contributed by atoms with E-state index in [0.717, 1.165) is 5.57 Å². The lowest BCUT2D eigenvalue weighted by Crippen LogP contribution is -2.37. The summed E-state index contributed by atoms with van der Waals surface area (Å²) in [6.07, 6.45) is 0.543. The van der Waals surface area contributed by atoms with Crippen LogP contribution in [-0.4, -0.2) is 29.6 Å². The summed E-state index contributed by atoms with van der Waals surface area (Å²) in [6, 6.07) is 6.38. The normalized spacial score (nSPS) is 11.8. The topological polar surface area (TPSA) is 75.6 Å². The van der Waals surface area contributed by atoms with Gasteiger partial charge in [0.05, 0.1) is 6.42 Å². The van der Waals surface area contributed by atoms with Gasteiger partial charge in [0, 0.05) is 11.6 Å². The van der Waals surface area contributed by atoms with Crippen molar-refractivity contribution in [3.8, 4) is 5.75 Å². The van der Waals surface area contributed by atoms with E-state index in [9.17, 15) is 9.59 Å². The van der Waals surface area contributed by atoms with Crippen molar-refractivity contribution < 1.29 is 19.4 Å². The van der Waals surface area contributed by atoms with Gasteiger partial charge in [0.2, 0.25) is 0 Å². The van der Waals surface area contributed by atoms with E-state index in [1.165, 1.54) is 0 Å². The van der Waals surface area contributed by atoms with Gasteiger partial charge in [-0.1, -0.05) is 20.4 Å². The summed E-state index contributed by atoms with van der Waals surface area (Å²) in [6.45, 7) is 10.1. The first-order valence-electron chi connectivity index (χ1n) is 7.67. The van der Waals surface area contributed by atoms with Gasteiger partial charge in [0.25, 0.3) is 5.91 Å². The number of carbonyl (C=O) groups is 2. The van der Waals surface area contributed by atoms with Crippen LogP contribution in [0, 0.1) is 5.92 Å². The predicted octanol–water partition coefficient (Wildman–Crippen LogP) is 3.26. The molecule has 0 aromatic heterocycles. The Hall–Kier alpha value is -2.30. The number of aliphatic carboxylic acids is 1. The standard InChI is InChI=1S/C18H25NO4/c1-12(2)9-15(10-17(20)21)19-18(22)14-5-7-16(8-6-14)23-11-13(3)4/h5-8,12,15H,3,9-11H2,1-2,4H3,(H,19,22)(H,20,21)/t15-/m1/s1. The van der Waals surface area contributed by atoms with Gasteiger partial charge < -0.3 is 15.2 Å². The molecule has 0 aliphatic heterocycles. The summed E-state index contributed by atoms with van der Waals surface area (Å²) < 4.78 is 5.48. The van der Waals surface area contributed by atoms with Crippen LogP contribution >= 0.6 is 0 Å². The smallest absolute Gasteiger partial charge is 0.305 e. The molecule has 0 spiro atoms. The summed E-state index contributed by atoms with van der Waals surface area (Å²) in [7, 11) is 0. The van der Waals surface area contributed by atoms with Crippen LogP contribution in [0.5, 0.6) is 5.75 Å². The number of amides is 1. The van der Waals surface area contributed by atoms with Crippen LogP contribution in [0.4, 0.5) is 0 Å². The zero-order valence-electron chi connectivity index (χ0n) is 14.0. The first kappa shape index (κ1) is 18.7. The Morgan fingerprint density at radius 3 is 2.35 bits per heavy atom. The number of rotatable bonds is 9. The molecule has 5 heteroatoms. The van der Waals surface area contributed by atoms with Crippen molar-refractivity contribution in [1.29, 1.82) is 0 Å². The first-order valence-corrected chi connectivity index (χ1v) is 7.67. The van der Waals surface area contributed by atoms with Gasteiger partial charge in [0.15, 0.2) is 0 Å². The van der Waals surface area contributed by atoms with Crippen molar-refractivity contribution in [2.45, 2.75) is 39.7 Å². The van der Waals surface area contributed by atoms with E-state index in [1.807, 2.05) is 20.8 Å². The van der Waals surface area contributed by atoms with Crippen molar-refractivity contribution in [2.24, 2.45) is 5.92 Å². The SMILES string of the molecule is C=C(C)COc1ccc(C(=O)N[C@@H](CC(=O)O)CC(C)C)cc1. The lowest BCUT2D eigenvalue weighted by Gasteiger charge is -2.19. The Morgan fingerprint density at radius 2 is 1.87 bits per heavy atom. The molecule has 5 nitrogen and oxygen atoms in total. The molecular formula is C18H25NO4. The van der Waals surface area contributed by atoms with Crippen LogP contribution in [-0.2, 0) is 4.79 Å². The quantitative estimate of drug-likeness (QED) is 0.685. The molecule has 0 bridgehead atoms. The van der Waals surface area contributed by atoms with Gasteiger partial charge in [-0.05, 0) is 49.1 Å². The maximum absolute atomic E-state index is 12.2. The molecule has 0 aliphatic carbocycles. The Morgan fingerprint density at radius 1 is 1.26 bits per heavy atom. The minimum absolute atomic E-state index is 0.0796. The average molecular weight is 319 g/mol. The average Bonchev–Trinajstić information content (AvgIpc) is 2.44. The van der Waals surface area contributed by atoms with Crippen LogP contribution < -0.4 is 10.1 Å². The molecule has 0 aliphatic rings. The number of carboxylic acids is 1. The Kier molecular flexibility index (Phi) is 7.32. The van der Waals surface area contributed by atoms with E-state index in [0.29, 0.717) is 30.3 Å². The van der Waals surface area contributed by atoms with E-state index in [1.54, 1.807) is 24.3 Å². The molecule has 2 N–H and O–H groups in total. The van der Waals surface area contributed by atoms with Crippen molar-refractivity contribution in [1.82, 2.24) is 5.32 Å². The number of carboxylic acid groups (broad SMARTS) is 1. The lowest BCUT2D eigenvalue weighted by atomic mass is 10.0. The monoisotopic (exact) mass is 319 g/mol. The molecule has 0 saturated heterocycles. The fourth-order valence-electron chi connectivity index (χ4n) is 2.15. The first-order chi connectivity index (χ1) is 10.8. The highest BCUT2D eigenvalue weighted by Gasteiger charge is 2.18. The highest BCUT2D eigenvalue weighted by molar-refractivity contribution is 5.94. The molecule has 1 aromatic rings. The molecule has 0 heterocycles. The molecular weight excluding hydrogens is 294 g/mol. The number of nitrogens with one attached hydrogen (secondary N) is 1. The second-order valence-electron chi connectivity index (χ2n) is 6.17. The van der Waals surface area contributed by atoms with E-state index in [4.69, 9.17) is 9.84 Å². The maximum atomic E-state index is 12.2. The zero-order chi connectivity index (χ0) is 17.4. The number of hydrogen-bond acceptors (Lipinski definition) is 3. The van der Waals surface area contributed by atoms with Crippen LogP contribution in [0.2, 0.25) is 0 Å². The molecule has 0 unspecified atom stereocenters. The van der Waals surface area contributed by atoms with Crippen molar-refractivity contribution >= 4 is 11.9 Å². The zero-order valence-corrected chi connectivity index (χ0v) is 14.0. The maximum Gasteiger partial charge on any atom is 0.305 e. The molecule has 23 heavy (non-hydrogen) atoms. The largest absolute Gasteiger partial charge is 0.489 e. The van der Waals surface area contributed by atoms with Crippen LogP contribution in [0.1, 0.15) is 44.0 Å². The van der Waals surface area contributed by atoms with E-state index in [-0.39, 0.29) is 18.4 Å². The van der Waals surface area contributed by atoms with Gasteiger partial charge in [0.1, 0.15) is 12.4 Å². The second-order valence-corrected chi connectivity index (χ2v) is 6.17. The van der Waals surface area contributed by atoms with Crippen LogP contribution in [0.3, 0.4) is 0 Å². The number of hydrogen-bond donors (Lipinski definition) is 2. The second kappa shape index (κ2) is 8.98. The Labute approximate surface area is 137 Å². The van der Waals surface area contributed by atoms with Crippen molar-refractivity contribution in [3.05, 3.63) is 42.0 Å². The van der Waals surface area contributed by atoms with E-state index < -0.39 is 5.97 Å². The fourth-order valence-corrected chi connectivity index (χ4v) is 2.15. The fraction of sp³-hybridized carbons (Fsp3) is 0.444. The van der Waals surface area contributed by atoms with Crippen molar-refractivity contribution in [3.63, 3.8) is 0 Å². The highest BCUT2D eigenvalue weighted by atomic mass is 16.5.